The fraction of sp³-hybridized carbons (Fsp3) is 0.455. The molecule has 2 aliphatic heterocycles. The molecule has 4 rings (SSSR count). The Labute approximate surface area is 175 Å². The topological polar surface area (TPSA) is 93.0 Å². The van der Waals surface area contributed by atoms with Gasteiger partial charge in [-0.15, -0.1) is 0 Å². The Morgan fingerprint density at radius 3 is 2.83 bits per heavy atom. The molecule has 2 aromatic rings. The van der Waals surface area contributed by atoms with Crippen molar-refractivity contribution in [1.29, 1.82) is 0 Å². The second kappa shape index (κ2) is 9.32. The summed E-state index contributed by atoms with van der Waals surface area (Å²) in [5.41, 5.74) is 1.83. The predicted molar refractivity (Wildman–Crippen MR) is 110 cm³/mol. The van der Waals surface area contributed by atoms with Crippen LogP contribution in [0.3, 0.4) is 0 Å². The molecule has 2 aliphatic rings. The molecule has 160 valence electrons. The van der Waals surface area contributed by atoms with Crippen LogP contribution >= 0.6 is 0 Å². The number of morpholine rings is 1. The Hall–Kier alpha value is -2.84. The van der Waals surface area contributed by atoms with Crippen molar-refractivity contribution in [3.05, 3.63) is 47.4 Å². The number of anilines is 1. The molecule has 3 heterocycles. The number of amides is 2. The number of benzene rings is 1. The maximum Gasteiger partial charge on any atom is 0.258 e. The minimum atomic E-state index is -0.192. The third kappa shape index (κ3) is 5.01. The van der Waals surface area contributed by atoms with E-state index in [1.807, 2.05) is 31.2 Å². The van der Waals surface area contributed by atoms with Crippen LogP contribution in [0.2, 0.25) is 0 Å². The maximum atomic E-state index is 12.4. The summed E-state index contributed by atoms with van der Waals surface area (Å²) in [7, 11) is 0. The summed E-state index contributed by atoms with van der Waals surface area (Å²) in [6.07, 6.45) is 1.14. The van der Waals surface area contributed by atoms with Gasteiger partial charge in [0.1, 0.15) is 17.3 Å². The van der Waals surface area contributed by atoms with E-state index in [-0.39, 0.29) is 24.5 Å². The first-order valence-corrected chi connectivity index (χ1v) is 10.3. The van der Waals surface area contributed by atoms with Crippen LogP contribution in [0.5, 0.6) is 5.75 Å². The van der Waals surface area contributed by atoms with Crippen molar-refractivity contribution in [3.8, 4) is 5.75 Å². The Morgan fingerprint density at radius 2 is 2.07 bits per heavy atom. The van der Waals surface area contributed by atoms with Crippen molar-refractivity contribution in [3.63, 3.8) is 0 Å². The summed E-state index contributed by atoms with van der Waals surface area (Å²) < 4.78 is 16.9. The maximum absolute atomic E-state index is 12.4. The van der Waals surface area contributed by atoms with Gasteiger partial charge < -0.3 is 24.5 Å². The highest BCUT2D eigenvalue weighted by Crippen LogP contribution is 2.27. The quantitative estimate of drug-likeness (QED) is 0.722. The molecule has 1 unspecified atom stereocenters. The summed E-state index contributed by atoms with van der Waals surface area (Å²) in [5.74, 6) is 2.14. The zero-order chi connectivity index (χ0) is 20.9. The first-order valence-electron chi connectivity index (χ1n) is 10.3. The van der Waals surface area contributed by atoms with Crippen LogP contribution in [0.15, 0.2) is 34.7 Å². The summed E-state index contributed by atoms with van der Waals surface area (Å²) in [6.45, 7) is 5.21. The molecule has 0 spiro atoms. The van der Waals surface area contributed by atoms with E-state index in [2.05, 4.69) is 15.5 Å². The number of furan rings is 1. The van der Waals surface area contributed by atoms with Crippen molar-refractivity contribution in [2.24, 2.45) is 0 Å². The molecule has 1 aromatic carbocycles. The molecule has 0 bridgehead atoms. The number of aryl methyl sites for hydroxylation is 2. The lowest BCUT2D eigenvalue weighted by molar-refractivity contribution is -0.123. The van der Waals surface area contributed by atoms with E-state index >= 15 is 0 Å². The van der Waals surface area contributed by atoms with E-state index in [9.17, 15) is 9.59 Å². The normalized spacial score (nSPS) is 17.7. The van der Waals surface area contributed by atoms with Gasteiger partial charge in [0.25, 0.3) is 5.91 Å². The molecular weight excluding hydrogens is 386 g/mol. The number of nitrogens with zero attached hydrogens (tertiary/aromatic N) is 1. The molecule has 2 amide bonds. The standard InChI is InChI=1S/C22H27N3O5/c1-15-2-6-20(30-15)19(25-8-10-28-11-9-25)13-23-22(27)14-29-17-4-5-18-16(12-17)3-7-21(26)24-18/h2,4-6,12,19H,3,7-11,13-14H2,1H3,(H,23,27)(H,24,26). The van der Waals surface area contributed by atoms with Crippen LogP contribution in [0.25, 0.3) is 0 Å². The lowest BCUT2D eigenvalue weighted by Crippen LogP contribution is -2.44. The van der Waals surface area contributed by atoms with Gasteiger partial charge in [-0.3, -0.25) is 14.5 Å². The Kier molecular flexibility index (Phi) is 6.35. The monoisotopic (exact) mass is 413 g/mol. The van der Waals surface area contributed by atoms with Gasteiger partial charge in [0.15, 0.2) is 6.61 Å². The van der Waals surface area contributed by atoms with E-state index in [1.165, 1.54) is 0 Å². The van der Waals surface area contributed by atoms with Crippen LogP contribution in [0.1, 0.15) is 29.5 Å². The zero-order valence-corrected chi connectivity index (χ0v) is 17.1. The average molecular weight is 413 g/mol. The highest BCUT2D eigenvalue weighted by atomic mass is 16.5. The molecule has 30 heavy (non-hydrogen) atoms. The van der Waals surface area contributed by atoms with E-state index in [4.69, 9.17) is 13.9 Å². The fourth-order valence-electron chi connectivity index (χ4n) is 3.79. The molecule has 2 N–H and O–H groups in total. The number of hydrogen-bond acceptors (Lipinski definition) is 6. The van der Waals surface area contributed by atoms with Crippen molar-refractivity contribution in [1.82, 2.24) is 10.2 Å². The number of carbonyl (C=O) groups excluding carboxylic acids is 2. The van der Waals surface area contributed by atoms with E-state index in [0.29, 0.717) is 38.3 Å². The van der Waals surface area contributed by atoms with Gasteiger partial charge in [0.2, 0.25) is 5.91 Å². The molecule has 0 radical (unpaired) electrons. The summed E-state index contributed by atoms with van der Waals surface area (Å²) in [4.78, 5) is 26.1. The van der Waals surface area contributed by atoms with Crippen LogP contribution < -0.4 is 15.4 Å². The Morgan fingerprint density at radius 1 is 1.23 bits per heavy atom. The molecule has 1 atom stereocenters. The van der Waals surface area contributed by atoms with Gasteiger partial charge in [-0.05, 0) is 49.2 Å². The third-order valence-corrected chi connectivity index (χ3v) is 5.41. The number of ether oxygens (including phenoxy) is 2. The summed E-state index contributed by atoms with van der Waals surface area (Å²) in [5, 5.41) is 5.80. The smallest absolute Gasteiger partial charge is 0.258 e. The van der Waals surface area contributed by atoms with Crippen molar-refractivity contribution in [2.45, 2.75) is 25.8 Å². The van der Waals surface area contributed by atoms with Gasteiger partial charge in [-0.25, -0.2) is 0 Å². The highest BCUT2D eigenvalue weighted by Gasteiger charge is 2.25. The third-order valence-electron chi connectivity index (χ3n) is 5.41. The van der Waals surface area contributed by atoms with Gasteiger partial charge in [-0.1, -0.05) is 0 Å². The number of nitrogens with one attached hydrogen (secondary N) is 2. The molecule has 1 aromatic heterocycles. The molecule has 8 nitrogen and oxygen atoms in total. The number of hydrogen-bond donors (Lipinski definition) is 2. The minimum Gasteiger partial charge on any atom is -0.484 e. The molecule has 0 aliphatic carbocycles. The second-order valence-electron chi connectivity index (χ2n) is 7.57. The number of fused-ring (bicyclic) bond motifs is 1. The molecule has 0 saturated carbocycles. The molecule has 1 saturated heterocycles. The van der Waals surface area contributed by atoms with Gasteiger partial charge in [0, 0.05) is 31.7 Å². The summed E-state index contributed by atoms with van der Waals surface area (Å²) >= 11 is 0. The molecule has 1 fully saturated rings. The van der Waals surface area contributed by atoms with Gasteiger partial charge in [0.05, 0.1) is 19.3 Å². The second-order valence-corrected chi connectivity index (χ2v) is 7.57. The first-order chi connectivity index (χ1) is 14.6. The average Bonchev–Trinajstić information content (AvgIpc) is 3.19. The SMILES string of the molecule is Cc1ccc(C(CNC(=O)COc2ccc3c(c2)CCC(=O)N3)N2CCOCC2)o1. The van der Waals surface area contributed by atoms with Crippen molar-refractivity contribution < 1.29 is 23.5 Å². The van der Waals surface area contributed by atoms with Gasteiger partial charge in [-0.2, -0.15) is 0 Å². The zero-order valence-electron chi connectivity index (χ0n) is 17.1. The number of carbonyl (C=O) groups is 2. The molecule has 8 heteroatoms. The summed E-state index contributed by atoms with van der Waals surface area (Å²) in [6, 6.07) is 9.31. The lowest BCUT2D eigenvalue weighted by Gasteiger charge is -2.33. The number of rotatable bonds is 7. The molecular formula is C22H27N3O5. The van der Waals surface area contributed by atoms with Gasteiger partial charge >= 0.3 is 0 Å². The Balaban J connectivity index is 1.32. The van der Waals surface area contributed by atoms with Crippen molar-refractivity contribution >= 4 is 17.5 Å². The van der Waals surface area contributed by atoms with Crippen molar-refractivity contribution in [2.75, 3.05) is 44.8 Å². The van der Waals surface area contributed by atoms with Crippen LogP contribution in [-0.2, 0) is 20.7 Å². The van der Waals surface area contributed by atoms with Crippen LogP contribution in [0, 0.1) is 6.92 Å². The first kappa shape index (κ1) is 20.4. The van der Waals surface area contributed by atoms with Crippen LogP contribution in [-0.4, -0.2) is 56.2 Å². The Bertz CT molecular complexity index is 904. The highest BCUT2D eigenvalue weighted by molar-refractivity contribution is 5.94. The van der Waals surface area contributed by atoms with E-state index in [0.717, 1.165) is 35.9 Å². The van der Waals surface area contributed by atoms with E-state index < -0.39 is 0 Å². The minimum absolute atomic E-state index is 0.0251. The lowest BCUT2D eigenvalue weighted by atomic mass is 10.0. The predicted octanol–water partition coefficient (Wildman–Crippen LogP) is 2.04. The van der Waals surface area contributed by atoms with Crippen LogP contribution in [0.4, 0.5) is 5.69 Å². The van der Waals surface area contributed by atoms with E-state index in [1.54, 1.807) is 6.07 Å². The fourth-order valence-corrected chi connectivity index (χ4v) is 3.79. The largest absolute Gasteiger partial charge is 0.484 e.